The fraction of sp³-hybridized carbons (Fsp3) is 0.116. The van der Waals surface area contributed by atoms with Crippen molar-refractivity contribution in [3.8, 4) is 16.8 Å². The molecule has 1 aromatic heterocycles. The van der Waals surface area contributed by atoms with Gasteiger partial charge in [-0.05, 0) is 76.7 Å². The normalized spacial score (nSPS) is 13.5. The minimum Gasteiger partial charge on any atom is -0.337 e. The van der Waals surface area contributed by atoms with Crippen LogP contribution in [0.4, 0.5) is 11.4 Å². The molecule has 5 aromatic carbocycles. The Morgan fingerprint density at radius 2 is 1.51 bits per heavy atom. The molecule has 0 N–H and O–H groups in total. The van der Waals surface area contributed by atoms with E-state index in [0.717, 1.165) is 22.5 Å². The third kappa shape index (κ3) is 4.74. The van der Waals surface area contributed by atoms with Crippen molar-refractivity contribution in [2.75, 3.05) is 11.4 Å². The molecule has 0 atom stereocenters. The van der Waals surface area contributed by atoms with Crippen LogP contribution in [0.2, 0.25) is 0 Å². The van der Waals surface area contributed by atoms with Crippen LogP contribution in [0.1, 0.15) is 37.5 Å². The number of aromatic nitrogens is 1. The van der Waals surface area contributed by atoms with E-state index in [1.807, 2.05) is 25.2 Å². The fourth-order valence-corrected chi connectivity index (χ4v) is 6.99. The first-order valence-electron chi connectivity index (χ1n) is 15.7. The summed E-state index contributed by atoms with van der Waals surface area (Å²) in [6.45, 7) is 15.7. The first kappa shape index (κ1) is 28.4. The molecule has 2 heterocycles. The predicted octanol–water partition coefficient (Wildman–Crippen LogP) is 11.6. The average Bonchev–Trinajstić information content (AvgIpc) is 3.40. The van der Waals surface area contributed by atoms with E-state index in [2.05, 4.69) is 158 Å². The third-order valence-corrected chi connectivity index (χ3v) is 9.17. The van der Waals surface area contributed by atoms with Crippen LogP contribution in [0.3, 0.4) is 0 Å². The molecule has 0 bridgehead atoms. The Balaban J connectivity index is 1.43. The van der Waals surface area contributed by atoms with Gasteiger partial charge < -0.3 is 9.47 Å². The van der Waals surface area contributed by atoms with E-state index in [4.69, 9.17) is 0 Å². The van der Waals surface area contributed by atoms with Crippen LogP contribution in [0.15, 0.2) is 152 Å². The zero-order chi connectivity index (χ0) is 31.1. The number of anilines is 2. The first-order chi connectivity index (χ1) is 21.9. The highest BCUT2D eigenvalue weighted by Gasteiger charge is 2.34. The summed E-state index contributed by atoms with van der Waals surface area (Å²) in [6, 6.07) is 39.9. The van der Waals surface area contributed by atoms with Gasteiger partial charge in [0.25, 0.3) is 0 Å². The number of nitrogens with zero attached hydrogens (tertiary/aromatic N) is 2. The Bertz CT molecular complexity index is 2150. The largest absolute Gasteiger partial charge is 0.337 e. The van der Waals surface area contributed by atoms with E-state index in [1.165, 1.54) is 49.7 Å². The molecule has 0 saturated carbocycles. The van der Waals surface area contributed by atoms with Gasteiger partial charge in [0.15, 0.2) is 0 Å². The lowest BCUT2D eigenvalue weighted by Crippen LogP contribution is -2.26. The summed E-state index contributed by atoms with van der Waals surface area (Å²) >= 11 is 0. The van der Waals surface area contributed by atoms with Crippen LogP contribution in [-0.2, 0) is 5.41 Å². The number of hydrogen-bond acceptors (Lipinski definition) is 1. The van der Waals surface area contributed by atoms with Gasteiger partial charge in [0, 0.05) is 34.1 Å². The Morgan fingerprint density at radius 1 is 0.778 bits per heavy atom. The second-order valence-electron chi connectivity index (χ2n) is 12.3. The topological polar surface area (TPSA) is 8.17 Å². The van der Waals surface area contributed by atoms with Crippen molar-refractivity contribution in [2.24, 2.45) is 0 Å². The third-order valence-electron chi connectivity index (χ3n) is 9.17. The molecule has 0 spiro atoms. The van der Waals surface area contributed by atoms with Crippen molar-refractivity contribution in [1.82, 2.24) is 4.57 Å². The minimum absolute atomic E-state index is 0.0775. The quantitative estimate of drug-likeness (QED) is 0.128. The highest BCUT2D eigenvalue weighted by Crippen LogP contribution is 2.48. The number of rotatable bonds is 8. The van der Waals surface area contributed by atoms with Gasteiger partial charge in [-0.15, -0.1) is 6.58 Å². The second kappa shape index (κ2) is 11.3. The maximum Gasteiger partial charge on any atom is 0.0582 e. The smallest absolute Gasteiger partial charge is 0.0582 e. The maximum absolute atomic E-state index is 4.18. The Morgan fingerprint density at radius 3 is 2.31 bits per heavy atom. The van der Waals surface area contributed by atoms with Crippen molar-refractivity contribution in [3.05, 3.63) is 169 Å². The van der Waals surface area contributed by atoms with Crippen molar-refractivity contribution < 1.29 is 0 Å². The highest BCUT2D eigenvalue weighted by molar-refractivity contribution is 6.12. The summed E-state index contributed by atoms with van der Waals surface area (Å²) in [5.74, 6) is 0. The van der Waals surface area contributed by atoms with Crippen LogP contribution in [0.5, 0.6) is 0 Å². The van der Waals surface area contributed by atoms with Gasteiger partial charge in [-0.1, -0.05) is 124 Å². The maximum atomic E-state index is 4.18. The van der Waals surface area contributed by atoms with Gasteiger partial charge in [0.05, 0.1) is 16.7 Å². The minimum atomic E-state index is -0.0775. The van der Waals surface area contributed by atoms with Crippen LogP contribution in [0, 0.1) is 0 Å². The lowest BCUT2D eigenvalue weighted by atomic mass is 9.75. The molecule has 0 amide bonds. The van der Waals surface area contributed by atoms with Crippen molar-refractivity contribution >= 4 is 39.3 Å². The van der Waals surface area contributed by atoms with Gasteiger partial charge >= 0.3 is 0 Å². The standard InChI is InChI=1S/C43H38N2/c1-6-14-30(3)21-22-31-23-24-33(29-41(31)44(27-7-2)34-15-9-8-10-16-34)32-25-26-39-36(28-32)35-17-13-19-38-42(35)45(39)40-20-12-11-18-37(40)43(38,4)5/h6-26,28-29H,2-3,27H2,1,4-5H3/b14-6-,22-21-. The summed E-state index contributed by atoms with van der Waals surface area (Å²) in [6.07, 6.45) is 10.2. The van der Waals surface area contributed by atoms with Crippen molar-refractivity contribution in [3.63, 3.8) is 0 Å². The van der Waals surface area contributed by atoms with Crippen molar-refractivity contribution in [2.45, 2.75) is 26.2 Å². The van der Waals surface area contributed by atoms with Crippen LogP contribution < -0.4 is 4.90 Å². The molecule has 45 heavy (non-hydrogen) atoms. The molecule has 1 aliphatic heterocycles. The van der Waals surface area contributed by atoms with E-state index in [-0.39, 0.29) is 5.41 Å². The lowest BCUT2D eigenvalue weighted by Gasteiger charge is -2.34. The van der Waals surface area contributed by atoms with Gasteiger partial charge in [-0.25, -0.2) is 0 Å². The van der Waals surface area contributed by atoms with Gasteiger partial charge in [0.2, 0.25) is 0 Å². The Hall–Kier alpha value is -5.34. The molecule has 0 saturated heterocycles. The molecule has 0 aliphatic carbocycles. The predicted molar refractivity (Wildman–Crippen MR) is 195 cm³/mol. The Kier molecular flexibility index (Phi) is 7.14. The summed E-state index contributed by atoms with van der Waals surface area (Å²) in [4.78, 5) is 2.33. The number of hydrogen-bond donors (Lipinski definition) is 0. The molecule has 0 radical (unpaired) electrons. The monoisotopic (exact) mass is 582 g/mol. The van der Waals surface area contributed by atoms with Gasteiger partial charge in [-0.2, -0.15) is 0 Å². The lowest BCUT2D eigenvalue weighted by molar-refractivity contribution is 0.630. The van der Waals surface area contributed by atoms with E-state index < -0.39 is 0 Å². The molecular formula is C43H38N2. The molecule has 6 aromatic rings. The zero-order valence-electron chi connectivity index (χ0n) is 26.3. The van der Waals surface area contributed by atoms with Gasteiger partial charge in [0.1, 0.15) is 0 Å². The van der Waals surface area contributed by atoms with E-state index >= 15 is 0 Å². The summed E-state index contributed by atoms with van der Waals surface area (Å²) in [7, 11) is 0. The van der Waals surface area contributed by atoms with Crippen molar-refractivity contribution in [1.29, 1.82) is 0 Å². The second-order valence-corrected chi connectivity index (χ2v) is 12.3. The van der Waals surface area contributed by atoms with E-state index in [1.54, 1.807) is 0 Å². The van der Waals surface area contributed by atoms with E-state index in [0.29, 0.717) is 6.54 Å². The van der Waals surface area contributed by atoms with Gasteiger partial charge in [-0.3, -0.25) is 0 Å². The number of para-hydroxylation sites is 3. The molecule has 0 fully saturated rings. The average molecular weight is 583 g/mol. The zero-order valence-corrected chi connectivity index (χ0v) is 26.3. The fourth-order valence-electron chi connectivity index (χ4n) is 6.99. The Labute approximate surface area is 266 Å². The number of fused-ring (bicyclic) bond motifs is 5. The molecule has 2 nitrogen and oxygen atoms in total. The first-order valence-corrected chi connectivity index (χ1v) is 15.7. The van der Waals surface area contributed by atoms with Crippen LogP contribution in [-0.4, -0.2) is 11.1 Å². The van der Waals surface area contributed by atoms with E-state index in [9.17, 15) is 0 Å². The number of allylic oxidation sites excluding steroid dienone is 4. The summed E-state index contributed by atoms with van der Waals surface area (Å²) in [5.41, 5.74) is 13.2. The number of benzene rings is 5. The molecule has 220 valence electrons. The highest BCUT2D eigenvalue weighted by atomic mass is 15.1. The SMILES string of the molecule is C=CCN(c1ccccc1)c1cc(-c2ccc3c(c2)c2cccc4c2n3-c2ccccc2C4(C)C)ccc1/C=C\C(=C)/C=C\C. The summed E-state index contributed by atoms with van der Waals surface area (Å²) in [5, 5.41) is 2.57. The molecule has 0 unspecified atom stereocenters. The molecule has 1 aliphatic rings. The molecule has 2 heteroatoms. The summed E-state index contributed by atoms with van der Waals surface area (Å²) < 4.78 is 2.47. The van der Waals surface area contributed by atoms with Crippen LogP contribution in [0.25, 0.3) is 44.7 Å². The van der Waals surface area contributed by atoms with Crippen LogP contribution >= 0.6 is 0 Å². The molecular weight excluding hydrogens is 544 g/mol. The molecule has 7 rings (SSSR count).